The zero-order valence-electron chi connectivity index (χ0n) is 12.5. The van der Waals surface area contributed by atoms with E-state index in [1.54, 1.807) is 24.3 Å². The number of hydrogen-bond donors (Lipinski definition) is 3. The summed E-state index contributed by atoms with van der Waals surface area (Å²) in [6.07, 6.45) is -0.0387. The Morgan fingerprint density at radius 2 is 1.78 bits per heavy atom. The molecule has 0 aliphatic heterocycles. The number of aromatic hydroxyl groups is 1. The first-order valence-electron chi connectivity index (χ1n) is 6.92. The van der Waals surface area contributed by atoms with E-state index in [9.17, 15) is 18.3 Å². The van der Waals surface area contributed by atoms with Gasteiger partial charge in [0.15, 0.2) is 0 Å². The number of hydrogen-bond acceptors (Lipinski definition) is 4. The first-order chi connectivity index (χ1) is 10.8. The lowest BCUT2D eigenvalue weighted by Gasteiger charge is -2.12. The highest BCUT2D eigenvalue weighted by Gasteiger charge is 2.17. The average molecular weight is 335 g/mol. The Morgan fingerprint density at radius 3 is 2.39 bits per heavy atom. The van der Waals surface area contributed by atoms with Gasteiger partial charge in [0.1, 0.15) is 5.75 Å². The summed E-state index contributed by atoms with van der Waals surface area (Å²) < 4.78 is 27.0. The smallest absolute Gasteiger partial charge is 0.303 e. The lowest BCUT2D eigenvalue weighted by molar-refractivity contribution is -0.136. The number of phenols is 1. The quantitative estimate of drug-likeness (QED) is 0.704. The fourth-order valence-corrected chi connectivity index (χ4v) is 3.10. The Kier molecular flexibility index (Phi) is 4.90. The number of benzene rings is 2. The third-order valence-electron chi connectivity index (χ3n) is 3.30. The first kappa shape index (κ1) is 16.8. The molecule has 0 amide bonds. The van der Waals surface area contributed by atoms with Crippen LogP contribution < -0.4 is 4.72 Å². The van der Waals surface area contributed by atoms with Crippen molar-refractivity contribution in [3.05, 3.63) is 53.6 Å². The number of para-hydroxylation sites is 1. The van der Waals surface area contributed by atoms with Gasteiger partial charge in [0.25, 0.3) is 10.0 Å². The second kappa shape index (κ2) is 6.70. The number of rotatable bonds is 6. The molecule has 0 atom stereocenters. The van der Waals surface area contributed by atoms with Gasteiger partial charge in [0.2, 0.25) is 0 Å². The van der Waals surface area contributed by atoms with Gasteiger partial charge in [0, 0.05) is 6.42 Å². The van der Waals surface area contributed by atoms with Gasteiger partial charge in [-0.15, -0.1) is 0 Å². The number of anilines is 1. The van der Waals surface area contributed by atoms with E-state index in [1.165, 1.54) is 18.2 Å². The van der Waals surface area contributed by atoms with E-state index >= 15 is 0 Å². The summed E-state index contributed by atoms with van der Waals surface area (Å²) >= 11 is 0. The molecule has 0 unspecified atom stereocenters. The number of aliphatic carboxylic acids is 1. The number of nitrogens with one attached hydrogen (secondary N) is 1. The average Bonchev–Trinajstić information content (AvgIpc) is 2.48. The number of aryl methyl sites for hydroxylation is 2. The van der Waals surface area contributed by atoms with Crippen molar-refractivity contribution in [3.63, 3.8) is 0 Å². The molecule has 0 aromatic heterocycles. The molecule has 0 saturated heterocycles. The predicted molar refractivity (Wildman–Crippen MR) is 86.1 cm³/mol. The van der Waals surface area contributed by atoms with Crippen LogP contribution in [0.3, 0.4) is 0 Å². The molecule has 7 heteroatoms. The van der Waals surface area contributed by atoms with Gasteiger partial charge in [-0.1, -0.05) is 29.8 Å². The molecule has 2 aromatic carbocycles. The predicted octanol–water partition coefficient (Wildman–Crippen LogP) is 2.52. The number of phenolic OH excluding ortho intramolecular Hbond substituents is 1. The molecule has 0 aliphatic carbocycles. The Bertz CT molecular complexity index is 813. The van der Waals surface area contributed by atoms with Crippen molar-refractivity contribution in [1.82, 2.24) is 0 Å². The molecule has 0 saturated carbocycles. The lowest BCUT2D eigenvalue weighted by Crippen LogP contribution is -2.13. The molecule has 122 valence electrons. The van der Waals surface area contributed by atoms with Crippen molar-refractivity contribution in [2.45, 2.75) is 24.7 Å². The van der Waals surface area contributed by atoms with Crippen molar-refractivity contribution in [1.29, 1.82) is 0 Å². The van der Waals surface area contributed by atoms with E-state index < -0.39 is 16.0 Å². The molecule has 0 spiro atoms. The van der Waals surface area contributed by atoms with Crippen LogP contribution in [0.15, 0.2) is 47.4 Å². The van der Waals surface area contributed by atoms with Gasteiger partial charge >= 0.3 is 5.97 Å². The number of carbonyl (C=O) groups is 1. The summed E-state index contributed by atoms with van der Waals surface area (Å²) in [5.41, 5.74) is 1.33. The maximum absolute atomic E-state index is 12.3. The molecule has 23 heavy (non-hydrogen) atoms. The van der Waals surface area contributed by atoms with Gasteiger partial charge < -0.3 is 10.2 Å². The zero-order valence-corrected chi connectivity index (χ0v) is 13.3. The van der Waals surface area contributed by atoms with Crippen molar-refractivity contribution in [3.8, 4) is 5.75 Å². The SMILES string of the molecule is Cc1ccc(S(=O)(=O)Nc2cccc(CCC(=O)O)c2O)cc1. The molecule has 6 nitrogen and oxygen atoms in total. The highest BCUT2D eigenvalue weighted by Crippen LogP contribution is 2.30. The topological polar surface area (TPSA) is 104 Å². The van der Waals surface area contributed by atoms with Crippen molar-refractivity contribution in [2.24, 2.45) is 0 Å². The molecule has 3 N–H and O–H groups in total. The summed E-state index contributed by atoms with van der Waals surface area (Å²) in [4.78, 5) is 10.7. The third-order valence-corrected chi connectivity index (χ3v) is 4.68. The number of carboxylic acid groups (broad SMARTS) is 1. The van der Waals surface area contributed by atoms with Crippen LogP contribution in [-0.4, -0.2) is 24.6 Å². The maximum atomic E-state index is 12.3. The van der Waals surface area contributed by atoms with Crippen molar-refractivity contribution in [2.75, 3.05) is 4.72 Å². The minimum Gasteiger partial charge on any atom is -0.505 e. The van der Waals surface area contributed by atoms with Crippen LogP contribution in [0, 0.1) is 6.92 Å². The minimum atomic E-state index is -3.83. The molecular formula is C16H17NO5S. The van der Waals surface area contributed by atoms with Crippen LogP contribution in [-0.2, 0) is 21.2 Å². The molecule has 2 aromatic rings. The van der Waals surface area contributed by atoms with E-state index in [2.05, 4.69) is 4.72 Å². The Balaban J connectivity index is 2.27. The highest BCUT2D eigenvalue weighted by molar-refractivity contribution is 7.92. The summed E-state index contributed by atoms with van der Waals surface area (Å²) in [6, 6.07) is 10.8. The van der Waals surface area contributed by atoms with E-state index in [0.717, 1.165) is 5.56 Å². The van der Waals surface area contributed by atoms with E-state index in [4.69, 9.17) is 5.11 Å². The fraction of sp³-hybridized carbons (Fsp3) is 0.188. The first-order valence-corrected chi connectivity index (χ1v) is 8.40. The Labute approximate surface area is 134 Å². The van der Waals surface area contributed by atoms with E-state index in [1.807, 2.05) is 6.92 Å². The summed E-state index contributed by atoms with van der Waals surface area (Å²) in [5, 5.41) is 18.8. The normalized spacial score (nSPS) is 11.2. The second-order valence-electron chi connectivity index (χ2n) is 5.13. The van der Waals surface area contributed by atoms with E-state index in [-0.39, 0.29) is 29.2 Å². The molecular weight excluding hydrogens is 318 g/mol. The summed E-state index contributed by atoms with van der Waals surface area (Å²) in [7, 11) is -3.83. The zero-order chi connectivity index (χ0) is 17.0. The van der Waals surface area contributed by atoms with Gasteiger partial charge in [-0.05, 0) is 37.1 Å². The van der Waals surface area contributed by atoms with Gasteiger partial charge in [0.05, 0.1) is 10.6 Å². The Hall–Kier alpha value is -2.54. The molecule has 0 bridgehead atoms. The fourth-order valence-electron chi connectivity index (χ4n) is 2.04. The van der Waals surface area contributed by atoms with Gasteiger partial charge in [-0.25, -0.2) is 8.42 Å². The molecule has 2 rings (SSSR count). The van der Waals surface area contributed by atoms with Crippen LogP contribution in [0.2, 0.25) is 0 Å². The number of carboxylic acids is 1. The van der Waals surface area contributed by atoms with Crippen LogP contribution >= 0.6 is 0 Å². The minimum absolute atomic E-state index is 0.0217. The molecule has 0 radical (unpaired) electrons. The van der Waals surface area contributed by atoms with Crippen molar-refractivity contribution < 1.29 is 23.4 Å². The highest BCUT2D eigenvalue weighted by atomic mass is 32.2. The lowest BCUT2D eigenvalue weighted by atomic mass is 10.1. The van der Waals surface area contributed by atoms with Crippen LogP contribution in [0.25, 0.3) is 0 Å². The Morgan fingerprint density at radius 1 is 1.13 bits per heavy atom. The van der Waals surface area contributed by atoms with Crippen LogP contribution in [0.4, 0.5) is 5.69 Å². The standard InChI is InChI=1S/C16H17NO5S/c1-11-5-8-13(9-6-11)23(21,22)17-14-4-2-3-12(16(14)20)7-10-15(18)19/h2-6,8-9,17,20H,7,10H2,1H3,(H,18,19). The summed E-state index contributed by atoms with van der Waals surface area (Å²) in [6.45, 7) is 1.85. The second-order valence-corrected chi connectivity index (χ2v) is 6.81. The van der Waals surface area contributed by atoms with Gasteiger partial charge in [-0.3, -0.25) is 9.52 Å². The summed E-state index contributed by atoms with van der Waals surface area (Å²) in [5.74, 6) is -1.25. The maximum Gasteiger partial charge on any atom is 0.303 e. The van der Waals surface area contributed by atoms with Gasteiger partial charge in [-0.2, -0.15) is 0 Å². The largest absolute Gasteiger partial charge is 0.505 e. The number of sulfonamides is 1. The van der Waals surface area contributed by atoms with E-state index in [0.29, 0.717) is 5.56 Å². The molecule has 0 fully saturated rings. The van der Waals surface area contributed by atoms with Crippen LogP contribution in [0.5, 0.6) is 5.75 Å². The van der Waals surface area contributed by atoms with Crippen LogP contribution in [0.1, 0.15) is 17.5 Å². The third kappa shape index (κ3) is 4.23. The monoisotopic (exact) mass is 335 g/mol. The molecule has 0 aliphatic rings. The van der Waals surface area contributed by atoms with Crippen molar-refractivity contribution >= 4 is 21.7 Å². The molecule has 0 heterocycles.